The number of pyridine rings is 1. The highest BCUT2D eigenvalue weighted by Crippen LogP contribution is 2.21. The third-order valence-electron chi connectivity index (χ3n) is 3.18. The molecule has 1 aliphatic heterocycles. The van der Waals surface area contributed by atoms with E-state index in [0.29, 0.717) is 6.42 Å². The lowest BCUT2D eigenvalue weighted by atomic mass is 10.1. The molecule has 1 fully saturated rings. The van der Waals surface area contributed by atoms with Crippen LogP contribution in [0.25, 0.3) is 0 Å². The molecule has 3 atom stereocenters. The molecule has 1 aromatic rings. The number of hydrogen-bond donors (Lipinski definition) is 1. The Balaban J connectivity index is 2.01. The fourth-order valence-electron chi connectivity index (χ4n) is 2.22. The minimum atomic E-state index is -1.14. The normalized spacial score (nSPS) is 23.9. The smallest absolute Gasteiger partial charge is 0.241 e. The maximum Gasteiger partial charge on any atom is 0.241 e. The summed E-state index contributed by atoms with van der Waals surface area (Å²) in [7, 11) is 0. The molecule has 0 aliphatic carbocycles. The lowest BCUT2D eigenvalue weighted by molar-refractivity contribution is -0.132. The zero-order valence-electron chi connectivity index (χ0n) is 10.4. The average molecular weight is 262 g/mol. The summed E-state index contributed by atoms with van der Waals surface area (Å²) in [6, 6.07) is 4.05. The van der Waals surface area contributed by atoms with Gasteiger partial charge < -0.3 is 10.6 Å². The number of likely N-dealkylation sites (tertiary alicyclic amines) is 1. The molecule has 1 aromatic heterocycles. The number of hydrogen-bond acceptors (Lipinski definition) is 4. The zero-order chi connectivity index (χ0) is 13.8. The maximum atomic E-state index is 13.3. The predicted octanol–water partition coefficient (Wildman–Crippen LogP) is 0.414. The molecule has 5 nitrogen and oxygen atoms in total. The summed E-state index contributed by atoms with van der Waals surface area (Å²) < 4.78 is 13.3. The minimum absolute atomic E-state index is 0.0438. The molecule has 6 heteroatoms. The quantitative estimate of drug-likeness (QED) is 0.855. The van der Waals surface area contributed by atoms with E-state index >= 15 is 0 Å². The number of amides is 1. The molecular weight excluding hydrogens is 247 g/mol. The van der Waals surface area contributed by atoms with E-state index in [-0.39, 0.29) is 18.9 Å². The van der Waals surface area contributed by atoms with Crippen molar-refractivity contribution in [1.82, 2.24) is 9.88 Å². The average Bonchev–Trinajstić information content (AvgIpc) is 2.80. The van der Waals surface area contributed by atoms with Crippen LogP contribution in [0.3, 0.4) is 0 Å². The van der Waals surface area contributed by atoms with E-state index in [1.807, 2.05) is 12.1 Å². The van der Waals surface area contributed by atoms with Crippen molar-refractivity contribution in [2.24, 2.45) is 5.73 Å². The third-order valence-corrected chi connectivity index (χ3v) is 3.18. The van der Waals surface area contributed by atoms with Crippen LogP contribution in [0.1, 0.15) is 12.0 Å². The van der Waals surface area contributed by atoms with E-state index in [1.54, 1.807) is 18.5 Å². The standard InChI is InChI=1S/C13H15FN4O/c14-10-5-11(6-15)18(8-10)13(19)12(16)4-9-2-1-3-17-7-9/h1-3,7,10-12H,4-5,8,16H2/t10-,11-,12-/m0/s1. The Morgan fingerprint density at radius 3 is 3.16 bits per heavy atom. The molecule has 0 bridgehead atoms. The number of rotatable bonds is 3. The monoisotopic (exact) mass is 262 g/mol. The molecule has 0 unspecified atom stereocenters. The molecule has 2 heterocycles. The summed E-state index contributed by atoms with van der Waals surface area (Å²) in [6.07, 6.45) is 2.53. The number of carbonyl (C=O) groups excluding carboxylic acids is 1. The Bertz CT molecular complexity index is 487. The Labute approximate surface area is 110 Å². The molecule has 0 radical (unpaired) electrons. The van der Waals surface area contributed by atoms with Crippen molar-refractivity contribution >= 4 is 5.91 Å². The highest BCUT2D eigenvalue weighted by atomic mass is 19.1. The second kappa shape index (κ2) is 5.76. The van der Waals surface area contributed by atoms with Crippen LogP contribution < -0.4 is 5.73 Å². The van der Waals surface area contributed by atoms with Gasteiger partial charge in [0.2, 0.25) is 5.91 Å². The summed E-state index contributed by atoms with van der Waals surface area (Å²) in [4.78, 5) is 17.3. The van der Waals surface area contributed by atoms with Gasteiger partial charge in [-0.25, -0.2) is 4.39 Å². The third kappa shape index (κ3) is 3.06. The van der Waals surface area contributed by atoms with Crippen LogP contribution in [-0.2, 0) is 11.2 Å². The molecule has 1 aliphatic rings. The molecular formula is C13H15FN4O. The molecule has 0 saturated carbocycles. The Morgan fingerprint density at radius 2 is 2.53 bits per heavy atom. The first-order valence-electron chi connectivity index (χ1n) is 6.10. The molecule has 0 aromatic carbocycles. The number of nitrogens with two attached hydrogens (primary N) is 1. The van der Waals surface area contributed by atoms with Gasteiger partial charge in [0.05, 0.1) is 18.7 Å². The van der Waals surface area contributed by atoms with E-state index in [1.165, 1.54) is 4.90 Å². The van der Waals surface area contributed by atoms with Crippen LogP contribution >= 0.6 is 0 Å². The van der Waals surface area contributed by atoms with Crippen molar-refractivity contribution < 1.29 is 9.18 Å². The second-order valence-corrected chi connectivity index (χ2v) is 4.64. The van der Waals surface area contributed by atoms with Crippen LogP contribution in [0.5, 0.6) is 0 Å². The van der Waals surface area contributed by atoms with E-state index in [4.69, 9.17) is 11.0 Å². The molecule has 2 N–H and O–H groups in total. The molecule has 1 saturated heterocycles. The summed E-state index contributed by atoms with van der Waals surface area (Å²) >= 11 is 0. The van der Waals surface area contributed by atoms with Gasteiger partial charge in [-0.3, -0.25) is 9.78 Å². The molecule has 2 rings (SSSR count). The molecule has 0 spiro atoms. The van der Waals surface area contributed by atoms with E-state index in [9.17, 15) is 9.18 Å². The largest absolute Gasteiger partial charge is 0.322 e. The van der Waals surface area contributed by atoms with Crippen molar-refractivity contribution in [1.29, 1.82) is 5.26 Å². The first-order valence-corrected chi connectivity index (χ1v) is 6.10. The highest BCUT2D eigenvalue weighted by molar-refractivity contribution is 5.83. The van der Waals surface area contributed by atoms with Gasteiger partial charge in [-0.2, -0.15) is 5.26 Å². The fraction of sp³-hybridized carbons (Fsp3) is 0.462. The van der Waals surface area contributed by atoms with Gasteiger partial charge in [0.1, 0.15) is 12.2 Å². The lowest BCUT2D eigenvalue weighted by Crippen LogP contribution is -2.46. The Kier molecular flexibility index (Phi) is 4.07. The maximum absolute atomic E-state index is 13.3. The second-order valence-electron chi connectivity index (χ2n) is 4.64. The van der Waals surface area contributed by atoms with Crippen LogP contribution in [0.2, 0.25) is 0 Å². The number of alkyl halides is 1. The first-order chi connectivity index (χ1) is 9.11. The van der Waals surface area contributed by atoms with Gasteiger partial charge in [-0.15, -0.1) is 0 Å². The van der Waals surface area contributed by atoms with E-state index in [0.717, 1.165) is 5.56 Å². The number of nitriles is 1. The summed E-state index contributed by atoms with van der Waals surface area (Å²) in [6.45, 7) is -0.0438. The SMILES string of the molecule is N#C[C@@H]1C[C@H](F)CN1C(=O)[C@@H](N)Cc1cccnc1. The van der Waals surface area contributed by atoms with Gasteiger partial charge >= 0.3 is 0 Å². The molecule has 100 valence electrons. The van der Waals surface area contributed by atoms with Gasteiger partial charge in [0, 0.05) is 18.8 Å². The van der Waals surface area contributed by atoms with Crippen molar-refractivity contribution in [3.63, 3.8) is 0 Å². The Hall–Kier alpha value is -2.00. The van der Waals surface area contributed by atoms with Crippen molar-refractivity contribution in [3.05, 3.63) is 30.1 Å². The number of aromatic nitrogens is 1. The predicted molar refractivity (Wildman–Crippen MR) is 66.5 cm³/mol. The first kappa shape index (κ1) is 13.4. The Morgan fingerprint density at radius 1 is 1.74 bits per heavy atom. The van der Waals surface area contributed by atoms with Gasteiger partial charge in [-0.05, 0) is 18.1 Å². The summed E-state index contributed by atoms with van der Waals surface area (Å²) in [5.74, 6) is -0.379. The van der Waals surface area contributed by atoms with E-state index in [2.05, 4.69) is 4.98 Å². The lowest BCUT2D eigenvalue weighted by Gasteiger charge is -2.23. The van der Waals surface area contributed by atoms with Gasteiger partial charge in [-0.1, -0.05) is 6.07 Å². The minimum Gasteiger partial charge on any atom is -0.322 e. The fourth-order valence-corrected chi connectivity index (χ4v) is 2.22. The number of carbonyl (C=O) groups is 1. The summed E-state index contributed by atoms with van der Waals surface area (Å²) in [5.41, 5.74) is 6.68. The van der Waals surface area contributed by atoms with Crippen LogP contribution in [0, 0.1) is 11.3 Å². The van der Waals surface area contributed by atoms with Crippen LogP contribution in [0.15, 0.2) is 24.5 Å². The van der Waals surface area contributed by atoms with Crippen LogP contribution in [0.4, 0.5) is 4.39 Å². The number of halogens is 1. The van der Waals surface area contributed by atoms with E-state index < -0.39 is 18.3 Å². The zero-order valence-corrected chi connectivity index (χ0v) is 10.4. The van der Waals surface area contributed by atoms with Crippen molar-refractivity contribution in [3.8, 4) is 6.07 Å². The molecule has 19 heavy (non-hydrogen) atoms. The van der Waals surface area contributed by atoms with Crippen LogP contribution in [-0.4, -0.2) is 40.6 Å². The summed E-state index contributed by atoms with van der Waals surface area (Å²) in [5, 5.41) is 8.91. The highest BCUT2D eigenvalue weighted by Gasteiger charge is 2.37. The van der Waals surface area contributed by atoms with Gasteiger partial charge in [0.15, 0.2) is 0 Å². The number of nitrogens with zero attached hydrogens (tertiary/aromatic N) is 3. The van der Waals surface area contributed by atoms with Crippen molar-refractivity contribution in [2.45, 2.75) is 31.1 Å². The van der Waals surface area contributed by atoms with Crippen molar-refractivity contribution in [2.75, 3.05) is 6.54 Å². The molecule has 1 amide bonds. The van der Waals surface area contributed by atoms with Gasteiger partial charge in [0.25, 0.3) is 0 Å². The topological polar surface area (TPSA) is 83.0 Å².